The van der Waals surface area contributed by atoms with E-state index in [1.165, 1.54) is 0 Å². The summed E-state index contributed by atoms with van der Waals surface area (Å²) in [6, 6.07) is 0. The van der Waals surface area contributed by atoms with E-state index >= 15 is 0 Å². The van der Waals surface area contributed by atoms with Gasteiger partial charge in [0.2, 0.25) is 0 Å². The molecule has 0 amide bonds. The van der Waals surface area contributed by atoms with Crippen molar-refractivity contribution in [2.75, 3.05) is 6.61 Å². The number of carbonyl (C=O) groups is 1. The topological polar surface area (TPSA) is 46.5 Å². The molecule has 0 aromatic carbocycles. The van der Waals surface area contributed by atoms with E-state index in [1.54, 1.807) is 0 Å². The summed E-state index contributed by atoms with van der Waals surface area (Å²) in [4.78, 5) is 12.2. The number of aliphatic hydroxyl groups is 1. The fourth-order valence-corrected chi connectivity index (χ4v) is 3.34. The molecule has 3 nitrogen and oxygen atoms in total. The lowest BCUT2D eigenvalue weighted by Crippen LogP contribution is -2.57. The van der Waals surface area contributed by atoms with E-state index < -0.39 is 11.5 Å². The van der Waals surface area contributed by atoms with Crippen LogP contribution in [0.5, 0.6) is 0 Å². The highest BCUT2D eigenvalue weighted by Gasteiger charge is 2.54. The van der Waals surface area contributed by atoms with Gasteiger partial charge in [-0.15, -0.1) is 0 Å². The van der Waals surface area contributed by atoms with E-state index in [9.17, 15) is 9.90 Å². The zero-order valence-corrected chi connectivity index (χ0v) is 12.5. The Morgan fingerprint density at radius 2 is 1.83 bits per heavy atom. The zero-order valence-electron chi connectivity index (χ0n) is 12.5. The van der Waals surface area contributed by atoms with Crippen LogP contribution in [-0.2, 0) is 9.53 Å². The van der Waals surface area contributed by atoms with Crippen molar-refractivity contribution in [1.29, 1.82) is 0 Å². The molecule has 106 valence electrons. The molecule has 1 rings (SSSR count). The smallest absolute Gasteiger partial charge is 0.312 e. The summed E-state index contributed by atoms with van der Waals surface area (Å²) in [6.07, 6.45) is 3.78. The van der Waals surface area contributed by atoms with E-state index in [1.807, 2.05) is 20.8 Å². The third kappa shape index (κ3) is 2.71. The molecule has 1 aliphatic carbocycles. The SMILES string of the molecule is CCOC(=O)C(C(C)C)C1(O)CCCCC1(C)C. The molecule has 0 saturated heterocycles. The normalized spacial score (nSPS) is 29.1. The average molecular weight is 256 g/mol. The molecule has 2 unspecified atom stereocenters. The number of hydrogen-bond donors (Lipinski definition) is 1. The maximum absolute atomic E-state index is 12.2. The third-order valence-electron chi connectivity index (χ3n) is 4.50. The first-order valence-electron chi connectivity index (χ1n) is 7.15. The lowest BCUT2D eigenvalue weighted by molar-refractivity contribution is -0.185. The maximum Gasteiger partial charge on any atom is 0.312 e. The first-order valence-corrected chi connectivity index (χ1v) is 7.15. The van der Waals surface area contributed by atoms with Crippen LogP contribution in [0.3, 0.4) is 0 Å². The lowest BCUT2D eigenvalue weighted by atomic mass is 9.58. The molecule has 1 saturated carbocycles. The van der Waals surface area contributed by atoms with Gasteiger partial charge in [-0.1, -0.05) is 40.5 Å². The van der Waals surface area contributed by atoms with Gasteiger partial charge in [0.1, 0.15) is 0 Å². The second-order valence-corrected chi connectivity index (χ2v) is 6.49. The number of esters is 1. The maximum atomic E-state index is 12.2. The second-order valence-electron chi connectivity index (χ2n) is 6.49. The van der Waals surface area contributed by atoms with Crippen molar-refractivity contribution in [3.8, 4) is 0 Å². The van der Waals surface area contributed by atoms with Gasteiger partial charge < -0.3 is 9.84 Å². The Hall–Kier alpha value is -0.570. The van der Waals surface area contributed by atoms with Gasteiger partial charge in [-0.3, -0.25) is 4.79 Å². The van der Waals surface area contributed by atoms with E-state index in [4.69, 9.17) is 4.74 Å². The van der Waals surface area contributed by atoms with Crippen LogP contribution in [0, 0.1) is 17.3 Å². The molecule has 1 fully saturated rings. The Bertz CT molecular complexity index is 296. The summed E-state index contributed by atoms with van der Waals surface area (Å²) < 4.78 is 5.18. The molecule has 0 radical (unpaired) electrons. The van der Waals surface area contributed by atoms with Crippen LogP contribution in [0.1, 0.15) is 60.3 Å². The van der Waals surface area contributed by atoms with Crippen molar-refractivity contribution in [1.82, 2.24) is 0 Å². The van der Waals surface area contributed by atoms with E-state index in [-0.39, 0.29) is 17.3 Å². The van der Waals surface area contributed by atoms with Gasteiger partial charge in [0.15, 0.2) is 0 Å². The first-order chi connectivity index (χ1) is 8.26. The van der Waals surface area contributed by atoms with Gasteiger partial charge in [0.05, 0.1) is 18.1 Å². The largest absolute Gasteiger partial charge is 0.466 e. The highest BCUT2D eigenvalue weighted by molar-refractivity contribution is 5.74. The van der Waals surface area contributed by atoms with Gasteiger partial charge in [0, 0.05) is 0 Å². The van der Waals surface area contributed by atoms with Crippen LogP contribution in [0.15, 0.2) is 0 Å². The molecular formula is C15H28O3. The standard InChI is InChI=1S/C15H28O3/c1-6-18-13(16)12(11(2)3)15(17)10-8-7-9-14(15,4)5/h11-12,17H,6-10H2,1-5H3. The Morgan fingerprint density at radius 3 is 2.28 bits per heavy atom. The van der Waals surface area contributed by atoms with Crippen LogP contribution in [0.2, 0.25) is 0 Å². The Labute approximate surface area is 111 Å². The highest BCUT2D eigenvalue weighted by Crippen LogP contribution is 2.50. The molecule has 0 bridgehead atoms. The van der Waals surface area contributed by atoms with Crippen LogP contribution in [0.4, 0.5) is 0 Å². The van der Waals surface area contributed by atoms with Crippen molar-refractivity contribution >= 4 is 5.97 Å². The Morgan fingerprint density at radius 1 is 1.28 bits per heavy atom. The van der Waals surface area contributed by atoms with Gasteiger partial charge in [0.25, 0.3) is 0 Å². The quantitative estimate of drug-likeness (QED) is 0.786. The predicted molar refractivity (Wildman–Crippen MR) is 72.2 cm³/mol. The molecule has 0 heterocycles. The molecule has 1 N–H and O–H groups in total. The predicted octanol–water partition coefficient (Wildman–Crippen LogP) is 3.15. The fraction of sp³-hybridized carbons (Fsp3) is 0.933. The highest BCUT2D eigenvalue weighted by atomic mass is 16.5. The van der Waals surface area contributed by atoms with Crippen molar-refractivity contribution < 1.29 is 14.6 Å². The Kier molecular flexibility index (Phi) is 4.82. The molecule has 0 aromatic rings. The number of ether oxygens (including phenoxy) is 1. The summed E-state index contributed by atoms with van der Waals surface area (Å²) in [5.74, 6) is -0.579. The molecule has 0 spiro atoms. The van der Waals surface area contributed by atoms with E-state index in [0.717, 1.165) is 19.3 Å². The van der Waals surface area contributed by atoms with E-state index in [2.05, 4.69) is 13.8 Å². The minimum atomic E-state index is -0.939. The summed E-state index contributed by atoms with van der Waals surface area (Å²) in [5, 5.41) is 11.1. The van der Waals surface area contributed by atoms with Gasteiger partial charge in [-0.05, 0) is 31.1 Å². The number of carbonyl (C=O) groups excluding carboxylic acids is 1. The third-order valence-corrected chi connectivity index (χ3v) is 4.50. The molecule has 18 heavy (non-hydrogen) atoms. The van der Waals surface area contributed by atoms with Gasteiger partial charge in [-0.2, -0.15) is 0 Å². The van der Waals surface area contributed by atoms with Crippen LogP contribution in [-0.4, -0.2) is 23.3 Å². The summed E-state index contributed by atoms with van der Waals surface area (Å²) in [7, 11) is 0. The average Bonchev–Trinajstić information content (AvgIpc) is 2.22. The Balaban J connectivity index is 3.06. The first kappa shape index (κ1) is 15.5. The lowest BCUT2D eigenvalue weighted by Gasteiger charge is -2.51. The van der Waals surface area contributed by atoms with Crippen LogP contribution in [0.25, 0.3) is 0 Å². The zero-order chi connectivity index (χ0) is 14.0. The van der Waals surface area contributed by atoms with Gasteiger partial charge in [-0.25, -0.2) is 0 Å². The van der Waals surface area contributed by atoms with E-state index in [0.29, 0.717) is 13.0 Å². The van der Waals surface area contributed by atoms with Crippen LogP contribution < -0.4 is 0 Å². The molecule has 0 aromatic heterocycles. The van der Waals surface area contributed by atoms with Crippen molar-refractivity contribution in [3.63, 3.8) is 0 Å². The molecule has 2 atom stereocenters. The fourth-order valence-electron chi connectivity index (χ4n) is 3.34. The summed E-state index contributed by atoms with van der Waals surface area (Å²) in [6.45, 7) is 10.3. The molecule has 3 heteroatoms. The van der Waals surface area contributed by atoms with Crippen LogP contribution >= 0.6 is 0 Å². The summed E-state index contributed by atoms with van der Waals surface area (Å²) >= 11 is 0. The number of rotatable bonds is 4. The molecule has 0 aliphatic heterocycles. The molecular weight excluding hydrogens is 228 g/mol. The monoisotopic (exact) mass is 256 g/mol. The summed E-state index contributed by atoms with van der Waals surface area (Å²) in [5.41, 5.74) is -1.17. The van der Waals surface area contributed by atoms with Crippen molar-refractivity contribution in [3.05, 3.63) is 0 Å². The van der Waals surface area contributed by atoms with Gasteiger partial charge >= 0.3 is 5.97 Å². The number of hydrogen-bond acceptors (Lipinski definition) is 3. The van der Waals surface area contributed by atoms with Crippen molar-refractivity contribution in [2.24, 2.45) is 17.3 Å². The molecule has 1 aliphatic rings. The minimum Gasteiger partial charge on any atom is -0.466 e. The minimum absolute atomic E-state index is 0.0893. The van der Waals surface area contributed by atoms with Crippen molar-refractivity contribution in [2.45, 2.75) is 65.9 Å². The second kappa shape index (κ2) is 5.60.